The second-order valence-electron chi connectivity index (χ2n) is 3.24. The maximum Gasteiger partial charge on any atom is 0.246 e. The van der Waals surface area contributed by atoms with Crippen molar-refractivity contribution in [2.75, 3.05) is 13.7 Å². The number of rotatable bonds is 5. The summed E-state index contributed by atoms with van der Waals surface area (Å²) in [6, 6.07) is 1.98. The predicted octanol–water partition coefficient (Wildman–Crippen LogP) is 0.973. The number of amides is 1. The van der Waals surface area contributed by atoms with E-state index in [2.05, 4.69) is 5.32 Å². The molecule has 14 heavy (non-hydrogen) atoms. The highest BCUT2D eigenvalue weighted by molar-refractivity contribution is 5.77. The molecular weight excluding hydrogens is 182 g/mol. The second kappa shape index (κ2) is 5.44. The molecule has 0 aliphatic carbocycles. The molecule has 4 nitrogen and oxygen atoms in total. The summed E-state index contributed by atoms with van der Waals surface area (Å²) in [5.41, 5.74) is 1.08. The Morgan fingerprint density at radius 2 is 2.50 bits per heavy atom. The normalized spacial score (nSPS) is 12.4. The number of carbonyl (C=O) groups excluding carboxylic acids is 1. The van der Waals surface area contributed by atoms with Crippen molar-refractivity contribution < 1.29 is 13.9 Å². The molecule has 1 atom stereocenters. The number of hydrogen-bond donors (Lipinski definition) is 1. The van der Waals surface area contributed by atoms with Gasteiger partial charge in [-0.15, -0.1) is 0 Å². The fourth-order valence-corrected chi connectivity index (χ4v) is 1.26. The standard InChI is InChI=1S/C10H15NO3/c1-8(11-10(12)7-13-2)5-9-3-4-14-6-9/h3-4,6,8H,5,7H2,1-2H3,(H,11,12). The van der Waals surface area contributed by atoms with Gasteiger partial charge >= 0.3 is 0 Å². The zero-order valence-electron chi connectivity index (χ0n) is 8.45. The van der Waals surface area contributed by atoms with Crippen molar-refractivity contribution in [1.82, 2.24) is 5.32 Å². The Hall–Kier alpha value is -1.29. The molecule has 0 aliphatic rings. The zero-order chi connectivity index (χ0) is 10.4. The Kier molecular flexibility index (Phi) is 4.19. The maximum absolute atomic E-state index is 11.1. The molecule has 1 unspecified atom stereocenters. The van der Waals surface area contributed by atoms with Crippen LogP contribution < -0.4 is 5.32 Å². The highest BCUT2D eigenvalue weighted by Crippen LogP contribution is 2.03. The van der Waals surface area contributed by atoms with Crippen LogP contribution in [0, 0.1) is 0 Å². The summed E-state index contributed by atoms with van der Waals surface area (Å²) in [7, 11) is 1.50. The van der Waals surface area contributed by atoms with Crippen LogP contribution in [0.2, 0.25) is 0 Å². The number of carbonyl (C=O) groups is 1. The van der Waals surface area contributed by atoms with Gasteiger partial charge in [0.05, 0.1) is 12.5 Å². The molecule has 0 radical (unpaired) electrons. The molecule has 78 valence electrons. The smallest absolute Gasteiger partial charge is 0.246 e. The van der Waals surface area contributed by atoms with Crippen molar-refractivity contribution in [2.45, 2.75) is 19.4 Å². The Morgan fingerprint density at radius 1 is 1.71 bits per heavy atom. The minimum atomic E-state index is -0.0940. The van der Waals surface area contributed by atoms with Gasteiger partial charge in [0.2, 0.25) is 5.91 Å². The van der Waals surface area contributed by atoms with Crippen molar-refractivity contribution in [1.29, 1.82) is 0 Å². The van der Waals surface area contributed by atoms with E-state index < -0.39 is 0 Å². The van der Waals surface area contributed by atoms with Crippen LogP contribution in [-0.4, -0.2) is 25.7 Å². The predicted molar refractivity (Wildman–Crippen MR) is 51.9 cm³/mol. The molecule has 1 amide bonds. The van der Waals surface area contributed by atoms with Crippen LogP contribution in [0.3, 0.4) is 0 Å². The highest BCUT2D eigenvalue weighted by Gasteiger charge is 2.07. The Labute approximate surface area is 83.2 Å². The molecule has 0 aliphatic heterocycles. The summed E-state index contributed by atoms with van der Waals surface area (Å²) in [4.78, 5) is 11.1. The van der Waals surface area contributed by atoms with Crippen molar-refractivity contribution in [3.63, 3.8) is 0 Å². The lowest BCUT2D eigenvalue weighted by Crippen LogP contribution is -2.36. The largest absolute Gasteiger partial charge is 0.472 e. The maximum atomic E-state index is 11.1. The SMILES string of the molecule is COCC(=O)NC(C)Cc1ccoc1. The lowest BCUT2D eigenvalue weighted by atomic mass is 10.1. The van der Waals surface area contributed by atoms with Gasteiger partial charge in [0.1, 0.15) is 6.61 Å². The molecule has 0 saturated carbocycles. The fraction of sp³-hybridized carbons (Fsp3) is 0.500. The third-order valence-electron chi connectivity index (χ3n) is 1.80. The van der Waals surface area contributed by atoms with Crippen molar-refractivity contribution >= 4 is 5.91 Å². The summed E-state index contributed by atoms with van der Waals surface area (Å²) in [5, 5.41) is 2.81. The van der Waals surface area contributed by atoms with Gasteiger partial charge in [-0.1, -0.05) is 0 Å². The first kappa shape index (κ1) is 10.8. The Bertz CT molecular complexity index is 269. The van der Waals surface area contributed by atoms with Gasteiger partial charge < -0.3 is 14.5 Å². The molecule has 4 heteroatoms. The number of ether oxygens (including phenoxy) is 1. The van der Waals surface area contributed by atoms with E-state index in [9.17, 15) is 4.79 Å². The third-order valence-corrected chi connectivity index (χ3v) is 1.80. The molecule has 1 heterocycles. The third kappa shape index (κ3) is 3.62. The van der Waals surface area contributed by atoms with Gasteiger partial charge in [0.25, 0.3) is 0 Å². The van der Waals surface area contributed by atoms with Gasteiger partial charge in [0.15, 0.2) is 0 Å². The van der Waals surface area contributed by atoms with Crippen LogP contribution in [0.1, 0.15) is 12.5 Å². The quantitative estimate of drug-likeness (QED) is 0.765. The average molecular weight is 197 g/mol. The lowest BCUT2D eigenvalue weighted by Gasteiger charge is -2.11. The Balaban J connectivity index is 2.29. The molecule has 0 aromatic carbocycles. The van der Waals surface area contributed by atoms with Crippen molar-refractivity contribution in [3.05, 3.63) is 24.2 Å². The van der Waals surface area contributed by atoms with E-state index in [1.807, 2.05) is 13.0 Å². The summed E-state index contributed by atoms with van der Waals surface area (Å²) in [6.45, 7) is 2.05. The van der Waals surface area contributed by atoms with E-state index in [-0.39, 0.29) is 18.6 Å². The van der Waals surface area contributed by atoms with Crippen LogP contribution in [-0.2, 0) is 16.0 Å². The highest BCUT2D eigenvalue weighted by atomic mass is 16.5. The van der Waals surface area contributed by atoms with Gasteiger partial charge in [-0.05, 0) is 25.0 Å². The number of hydrogen-bond acceptors (Lipinski definition) is 3. The van der Waals surface area contributed by atoms with Gasteiger partial charge in [-0.25, -0.2) is 0 Å². The topological polar surface area (TPSA) is 51.5 Å². The summed E-state index contributed by atoms with van der Waals surface area (Å²) in [5.74, 6) is -0.0940. The molecule has 0 saturated heterocycles. The van der Waals surface area contributed by atoms with Gasteiger partial charge in [-0.2, -0.15) is 0 Å². The molecule has 0 fully saturated rings. The van der Waals surface area contributed by atoms with Crippen LogP contribution >= 0.6 is 0 Å². The van der Waals surface area contributed by atoms with Crippen molar-refractivity contribution in [3.8, 4) is 0 Å². The minimum Gasteiger partial charge on any atom is -0.472 e. The van der Waals surface area contributed by atoms with Crippen LogP contribution in [0.5, 0.6) is 0 Å². The molecule has 0 bridgehead atoms. The second-order valence-corrected chi connectivity index (χ2v) is 3.24. The summed E-state index contributed by atoms with van der Waals surface area (Å²) in [6.07, 6.45) is 4.07. The monoisotopic (exact) mass is 197 g/mol. The Morgan fingerprint density at radius 3 is 3.07 bits per heavy atom. The van der Waals surface area contributed by atoms with Crippen molar-refractivity contribution in [2.24, 2.45) is 0 Å². The molecule has 1 rings (SSSR count). The van der Waals surface area contributed by atoms with E-state index in [0.717, 1.165) is 12.0 Å². The van der Waals surface area contributed by atoms with E-state index in [4.69, 9.17) is 9.15 Å². The molecule has 0 spiro atoms. The van der Waals surface area contributed by atoms with Crippen LogP contribution in [0.4, 0.5) is 0 Å². The first-order valence-electron chi connectivity index (χ1n) is 4.51. The molecular formula is C10H15NO3. The van der Waals surface area contributed by atoms with Crippen LogP contribution in [0.25, 0.3) is 0 Å². The first-order valence-corrected chi connectivity index (χ1v) is 4.51. The van der Waals surface area contributed by atoms with E-state index in [0.29, 0.717) is 0 Å². The van der Waals surface area contributed by atoms with Gasteiger partial charge in [-0.3, -0.25) is 4.79 Å². The molecule has 1 aromatic rings. The number of methoxy groups -OCH3 is 1. The number of furan rings is 1. The average Bonchev–Trinajstić information content (AvgIpc) is 2.56. The summed E-state index contributed by atoms with van der Waals surface area (Å²) < 4.78 is 9.64. The van der Waals surface area contributed by atoms with E-state index in [1.54, 1.807) is 12.5 Å². The number of nitrogens with one attached hydrogen (secondary N) is 1. The van der Waals surface area contributed by atoms with E-state index >= 15 is 0 Å². The van der Waals surface area contributed by atoms with Crippen LogP contribution in [0.15, 0.2) is 23.0 Å². The lowest BCUT2D eigenvalue weighted by molar-refractivity contribution is -0.125. The molecule has 1 aromatic heterocycles. The minimum absolute atomic E-state index is 0.0928. The fourth-order valence-electron chi connectivity index (χ4n) is 1.26. The summed E-state index contributed by atoms with van der Waals surface area (Å²) >= 11 is 0. The first-order chi connectivity index (χ1) is 6.72. The van der Waals surface area contributed by atoms with E-state index in [1.165, 1.54) is 7.11 Å². The van der Waals surface area contributed by atoms with Gasteiger partial charge in [0, 0.05) is 13.2 Å². The zero-order valence-corrected chi connectivity index (χ0v) is 8.45. The molecule has 1 N–H and O–H groups in total.